The number of nitriles is 1. The molecule has 0 saturated carbocycles. The topological polar surface area (TPSA) is 56.1 Å². The third-order valence-corrected chi connectivity index (χ3v) is 3.19. The zero-order valence-electron chi connectivity index (χ0n) is 11.1. The molecule has 17 heavy (non-hydrogen) atoms. The second kappa shape index (κ2) is 6.61. The molecule has 1 amide bonds. The molecule has 4 heteroatoms. The molecule has 1 aliphatic heterocycles. The fraction of sp³-hybridized carbons (Fsp3) is 0.846. The average Bonchev–Trinajstić information content (AvgIpc) is 2.69. The maximum atomic E-state index is 12.4. The van der Waals surface area contributed by atoms with Crippen LogP contribution in [-0.4, -0.2) is 36.5 Å². The summed E-state index contributed by atoms with van der Waals surface area (Å²) in [5.41, 5.74) is 0. The lowest BCUT2D eigenvalue weighted by Gasteiger charge is -2.28. The van der Waals surface area contributed by atoms with Crippen LogP contribution in [0.3, 0.4) is 0 Å². The Kier molecular flexibility index (Phi) is 5.43. The smallest absolute Gasteiger partial charge is 0.240 e. The molecule has 1 aliphatic rings. The van der Waals surface area contributed by atoms with Crippen LogP contribution in [0.15, 0.2) is 0 Å². The maximum Gasteiger partial charge on any atom is 0.240 e. The molecule has 1 heterocycles. The first-order valence-electron chi connectivity index (χ1n) is 6.45. The number of amides is 1. The zero-order valence-corrected chi connectivity index (χ0v) is 11.1. The first-order chi connectivity index (χ1) is 8.06. The van der Waals surface area contributed by atoms with Crippen molar-refractivity contribution in [1.29, 1.82) is 5.26 Å². The number of nitrogens with one attached hydrogen (secondary N) is 1. The van der Waals surface area contributed by atoms with Gasteiger partial charge in [0.2, 0.25) is 5.91 Å². The average molecular weight is 237 g/mol. The highest BCUT2D eigenvalue weighted by Gasteiger charge is 2.32. The van der Waals surface area contributed by atoms with Crippen molar-refractivity contribution >= 4 is 5.91 Å². The monoisotopic (exact) mass is 237 g/mol. The van der Waals surface area contributed by atoms with E-state index in [0.717, 1.165) is 19.5 Å². The van der Waals surface area contributed by atoms with Gasteiger partial charge in [0.25, 0.3) is 0 Å². The van der Waals surface area contributed by atoms with Crippen LogP contribution >= 0.6 is 0 Å². The first-order valence-corrected chi connectivity index (χ1v) is 6.45. The van der Waals surface area contributed by atoms with E-state index in [1.165, 1.54) is 0 Å². The Morgan fingerprint density at radius 2 is 2.29 bits per heavy atom. The van der Waals surface area contributed by atoms with E-state index in [9.17, 15) is 4.79 Å². The second-order valence-corrected chi connectivity index (χ2v) is 5.28. The second-order valence-electron chi connectivity index (χ2n) is 5.28. The minimum Gasteiger partial charge on any atom is -0.340 e. The lowest BCUT2D eigenvalue weighted by Crippen LogP contribution is -2.47. The fourth-order valence-electron chi connectivity index (χ4n) is 2.28. The third-order valence-electron chi connectivity index (χ3n) is 3.19. The lowest BCUT2D eigenvalue weighted by atomic mass is 10.0. The van der Waals surface area contributed by atoms with Gasteiger partial charge in [-0.25, -0.2) is 0 Å². The van der Waals surface area contributed by atoms with Gasteiger partial charge in [-0.05, 0) is 24.8 Å². The van der Waals surface area contributed by atoms with Gasteiger partial charge < -0.3 is 10.2 Å². The van der Waals surface area contributed by atoms with Gasteiger partial charge in [0, 0.05) is 13.1 Å². The lowest BCUT2D eigenvalue weighted by molar-refractivity contribution is -0.134. The molecule has 2 unspecified atom stereocenters. The largest absolute Gasteiger partial charge is 0.340 e. The van der Waals surface area contributed by atoms with E-state index in [2.05, 4.69) is 32.2 Å². The quantitative estimate of drug-likeness (QED) is 0.786. The molecule has 1 fully saturated rings. The van der Waals surface area contributed by atoms with Crippen LogP contribution in [-0.2, 0) is 4.79 Å². The molecule has 0 bridgehead atoms. The van der Waals surface area contributed by atoms with Crippen molar-refractivity contribution in [2.24, 2.45) is 11.8 Å². The molecule has 1 rings (SSSR count). The molecule has 0 spiro atoms. The van der Waals surface area contributed by atoms with Crippen molar-refractivity contribution < 1.29 is 4.79 Å². The summed E-state index contributed by atoms with van der Waals surface area (Å²) in [7, 11) is 0. The van der Waals surface area contributed by atoms with Gasteiger partial charge in [-0.2, -0.15) is 5.26 Å². The van der Waals surface area contributed by atoms with E-state index >= 15 is 0 Å². The number of rotatable bonds is 5. The Morgan fingerprint density at radius 1 is 1.59 bits per heavy atom. The van der Waals surface area contributed by atoms with Crippen molar-refractivity contribution in [3.63, 3.8) is 0 Å². The van der Waals surface area contributed by atoms with E-state index in [0.29, 0.717) is 24.8 Å². The number of hydrogen-bond donors (Lipinski definition) is 1. The van der Waals surface area contributed by atoms with E-state index in [1.807, 2.05) is 4.90 Å². The highest BCUT2D eigenvalue weighted by Crippen LogP contribution is 2.17. The molecule has 1 N–H and O–H groups in total. The van der Waals surface area contributed by atoms with Crippen LogP contribution < -0.4 is 5.32 Å². The molecule has 0 aromatic carbocycles. The summed E-state index contributed by atoms with van der Waals surface area (Å²) in [6.07, 6.45) is 1.48. The fourth-order valence-corrected chi connectivity index (χ4v) is 2.28. The number of nitrogens with zero attached hydrogens (tertiary/aromatic N) is 2. The molecule has 0 radical (unpaired) electrons. The van der Waals surface area contributed by atoms with Gasteiger partial charge in [0.05, 0.1) is 18.5 Å². The summed E-state index contributed by atoms with van der Waals surface area (Å²) in [5.74, 6) is 1.01. The summed E-state index contributed by atoms with van der Waals surface area (Å²) in [4.78, 5) is 14.2. The van der Waals surface area contributed by atoms with Gasteiger partial charge in [0.1, 0.15) is 0 Å². The molecule has 2 atom stereocenters. The van der Waals surface area contributed by atoms with E-state index in [-0.39, 0.29) is 11.9 Å². The predicted molar refractivity (Wildman–Crippen MR) is 67.2 cm³/mol. The summed E-state index contributed by atoms with van der Waals surface area (Å²) in [6.45, 7) is 8.52. The van der Waals surface area contributed by atoms with Gasteiger partial charge in [-0.15, -0.1) is 0 Å². The standard InChI is InChI=1S/C13H23N3O/c1-10(2)9-16(8-4-6-14)13(17)12-11(3)5-7-15-12/h10-12,15H,4-5,7-9H2,1-3H3. The minimum atomic E-state index is -0.0487. The third kappa shape index (κ3) is 4.01. The molecule has 4 nitrogen and oxygen atoms in total. The van der Waals surface area contributed by atoms with Crippen LogP contribution in [0.2, 0.25) is 0 Å². The van der Waals surface area contributed by atoms with Crippen LogP contribution in [0.5, 0.6) is 0 Å². The van der Waals surface area contributed by atoms with E-state index < -0.39 is 0 Å². The first kappa shape index (κ1) is 14.0. The van der Waals surface area contributed by atoms with Crippen molar-refractivity contribution in [2.75, 3.05) is 19.6 Å². The molecular weight excluding hydrogens is 214 g/mol. The van der Waals surface area contributed by atoms with E-state index in [1.54, 1.807) is 0 Å². The highest BCUT2D eigenvalue weighted by atomic mass is 16.2. The Morgan fingerprint density at radius 3 is 2.76 bits per heavy atom. The number of carbonyl (C=O) groups excluding carboxylic acids is 1. The summed E-state index contributed by atoms with van der Waals surface area (Å²) < 4.78 is 0. The Hall–Kier alpha value is -1.08. The van der Waals surface area contributed by atoms with Gasteiger partial charge in [-0.3, -0.25) is 4.79 Å². The molecule has 0 aromatic rings. The number of carbonyl (C=O) groups is 1. The maximum absolute atomic E-state index is 12.4. The number of hydrogen-bond acceptors (Lipinski definition) is 3. The minimum absolute atomic E-state index is 0.0487. The molecule has 0 aromatic heterocycles. The van der Waals surface area contributed by atoms with Gasteiger partial charge in [0.15, 0.2) is 0 Å². The Bertz CT molecular complexity index is 296. The Labute approximate surface area is 104 Å². The van der Waals surface area contributed by atoms with Crippen LogP contribution in [0.25, 0.3) is 0 Å². The molecule has 1 saturated heterocycles. The van der Waals surface area contributed by atoms with E-state index in [4.69, 9.17) is 5.26 Å². The summed E-state index contributed by atoms with van der Waals surface area (Å²) >= 11 is 0. The summed E-state index contributed by atoms with van der Waals surface area (Å²) in [6, 6.07) is 2.07. The summed E-state index contributed by atoms with van der Waals surface area (Å²) in [5, 5.41) is 11.9. The van der Waals surface area contributed by atoms with Crippen molar-refractivity contribution in [3.05, 3.63) is 0 Å². The van der Waals surface area contributed by atoms with Gasteiger partial charge in [-0.1, -0.05) is 20.8 Å². The Balaban J connectivity index is 2.61. The SMILES string of the molecule is CC(C)CN(CCC#N)C(=O)C1NCCC1C. The van der Waals surface area contributed by atoms with Crippen LogP contribution in [0.1, 0.15) is 33.6 Å². The van der Waals surface area contributed by atoms with Crippen LogP contribution in [0.4, 0.5) is 0 Å². The van der Waals surface area contributed by atoms with Crippen molar-refractivity contribution in [3.8, 4) is 6.07 Å². The van der Waals surface area contributed by atoms with Crippen LogP contribution in [0, 0.1) is 23.2 Å². The molecule has 0 aliphatic carbocycles. The zero-order chi connectivity index (χ0) is 12.8. The normalized spacial score (nSPS) is 23.7. The van der Waals surface area contributed by atoms with Crippen molar-refractivity contribution in [1.82, 2.24) is 10.2 Å². The highest BCUT2D eigenvalue weighted by molar-refractivity contribution is 5.82. The molecule has 96 valence electrons. The predicted octanol–water partition coefficient (Wildman–Crippen LogP) is 1.38. The van der Waals surface area contributed by atoms with Gasteiger partial charge >= 0.3 is 0 Å². The molecular formula is C13H23N3O. The van der Waals surface area contributed by atoms with Crippen molar-refractivity contribution in [2.45, 2.75) is 39.7 Å².